The van der Waals surface area contributed by atoms with Crippen molar-refractivity contribution in [3.63, 3.8) is 0 Å². The minimum absolute atomic E-state index is 0.0683. The van der Waals surface area contributed by atoms with Crippen molar-refractivity contribution < 1.29 is 17.9 Å². The Labute approximate surface area is 140 Å². The van der Waals surface area contributed by atoms with E-state index >= 15 is 0 Å². The zero-order valence-electron chi connectivity index (χ0n) is 12.9. The molecule has 0 spiro atoms. The second kappa shape index (κ2) is 6.60. The number of benzene rings is 2. The van der Waals surface area contributed by atoms with Crippen LogP contribution in [-0.2, 0) is 10.0 Å². The highest BCUT2D eigenvalue weighted by Crippen LogP contribution is 2.24. The van der Waals surface area contributed by atoms with Crippen LogP contribution in [-0.4, -0.2) is 21.4 Å². The molecule has 0 saturated carbocycles. The Bertz CT molecular complexity index is 862. The van der Waals surface area contributed by atoms with Crippen molar-refractivity contribution >= 4 is 27.5 Å². The van der Waals surface area contributed by atoms with Gasteiger partial charge in [-0.2, -0.15) is 0 Å². The van der Waals surface area contributed by atoms with Crippen LogP contribution in [0.2, 0.25) is 5.02 Å². The molecule has 0 saturated heterocycles. The molecule has 0 aromatic heterocycles. The van der Waals surface area contributed by atoms with Gasteiger partial charge in [0.1, 0.15) is 5.75 Å². The Balaban J connectivity index is 2.38. The van der Waals surface area contributed by atoms with E-state index < -0.39 is 15.9 Å². The zero-order chi connectivity index (χ0) is 17.2. The smallest absolute Gasteiger partial charge is 0.268 e. The lowest BCUT2D eigenvalue weighted by atomic mass is 10.2. The Hall–Kier alpha value is -2.05. The summed E-state index contributed by atoms with van der Waals surface area (Å²) >= 11 is 5.84. The maximum atomic E-state index is 12.5. The molecular formula is C16H16ClNO4S. The molecule has 23 heavy (non-hydrogen) atoms. The molecule has 2 aromatic rings. The summed E-state index contributed by atoms with van der Waals surface area (Å²) in [6.07, 6.45) is 0. The maximum Gasteiger partial charge on any atom is 0.268 e. The number of halogens is 1. The van der Waals surface area contributed by atoms with E-state index in [-0.39, 0.29) is 16.2 Å². The number of aryl methyl sites for hydroxylation is 2. The number of methoxy groups -OCH3 is 1. The van der Waals surface area contributed by atoms with Gasteiger partial charge in [0, 0.05) is 5.02 Å². The van der Waals surface area contributed by atoms with Crippen molar-refractivity contribution in [1.29, 1.82) is 0 Å². The van der Waals surface area contributed by atoms with Crippen molar-refractivity contribution in [2.45, 2.75) is 18.7 Å². The van der Waals surface area contributed by atoms with Gasteiger partial charge in [-0.15, -0.1) is 0 Å². The molecule has 122 valence electrons. The third-order valence-corrected chi connectivity index (χ3v) is 4.98. The van der Waals surface area contributed by atoms with Crippen molar-refractivity contribution in [2.75, 3.05) is 7.11 Å². The largest absolute Gasteiger partial charge is 0.496 e. The lowest BCUT2D eigenvalue weighted by molar-refractivity contribution is 0.0978. The summed E-state index contributed by atoms with van der Waals surface area (Å²) in [5.74, 6) is -0.578. The van der Waals surface area contributed by atoms with Gasteiger partial charge in [-0.1, -0.05) is 23.7 Å². The molecule has 0 aliphatic carbocycles. The molecule has 1 amide bonds. The number of nitrogens with one attached hydrogen (secondary N) is 1. The first-order valence-corrected chi connectivity index (χ1v) is 8.58. The minimum Gasteiger partial charge on any atom is -0.496 e. The summed E-state index contributed by atoms with van der Waals surface area (Å²) < 4.78 is 32.0. The highest BCUT2D eigenvalue weighted by atomic mass is 35.5. The monoisotopic (exact) mass is 353 g/mol. The predicted octanol–water partition coefficient (Wildman–Crippen LogP) is 3.08. The van der Waals surface area contributed by atoms with Crippen molar-refractivity contribution in [3.05, 3.63) is 58.1 Å². The lowest BCUT2D eigenvalue weighted by Crippen LogP contribution is -2.31. The van der Waals surface area contributed by atoms with Gasteiger partial charge in [0.25, 0.3) is 15.9 Å². The van der Waals surface area contributed by atoms with E-state index in [9.17, 15) is 13.2 Å². The van der Waals surface area contributed by atoms with Crippen LogP contribution in [0.5, 0.6) is 5.75 Å². The third kappa shape index (κ3) is 3.83. The van der Waals surface area contributed by atoms with Crippen LogP contribution in [0.1, 0.15) is 21.5 Å². The normalized spacial score (nSPS) is 11.1. The highest BCUT2D eigenvalue weighted by molar-refractivity contribution is 7.90. The molecule has 2 aromatic carbocycles. The average molecular weight is 354 g/mol. The van der Waals surface area contributed by atoms with Gasteiger partial charge >= 0.3 is 0 Å². The first kappa shape index (κ1) is 17.3. The first-order valence-electron chi connectivity index (χ1n) is 6.72. The van der Waals surface area contributed by atoms with Gasteiger partial charge in [0.15, 0.2) is 0 Å². The quantitative estimate of drug-likeness (QED) is 0.916. The Morgan fingerprint density at radius 1 is 1.13 bits per heavy atom. The van der Waals surface area contributed by atoms with Crippen molar-refractivity contribution in [1.82, 2.24) is 4.72 Å². The molecule has 7 heteroatoms. The first-order chi connectivity index (χ1) is 10.7. The molecule has 0 bridgehead atoms. The number of hydrogen-bond donors (Lipinski definition) is 1. The van der Waals surface area contributed by atoms with Crippen LogP contribution >= 0.6 is 11.6 Å². The second-order valence-corrected chi connectivity index (χ2v) is 7.14. The molecule has 0 aliphatic rings. The number of carbonyl (C=O) groups is 1. The van der Waals surface area contributed by atoms with Crippen LogP contribution in [0.4, 0.5) is 0 Å². The van der Waals surface area contributed by atoms with Gasteiger partial charge in [0.05, 0.1) is 17.6 Å². The summed E-state index contributed by atoms with van der Waals surface area (Å²) in [5.41, 5.74) is 1.43. The average Bonchev–Trinajstić information content (AvgIpc) is 2.48. The van der Waals surface area contributed by atoms with Crippen LogP contribution in [0.15, 0.2) is 41.3 Å². The van der Waals surface area contributed by atoms with Crippen molar-refractivity contribution in [3.8, 4) is 5.75 Å². The predicted molar refractivity (Wildman–Crippen MR) is 88.6 cm³/mol. The van der Waals surface area contributed by atoms with E-state index in [1.54, 1.807) is 26.0 Å². The second-order valence-electron chi connectivity index (χ2n) is 5.05. The van der Waals surface area contributed by atoms with Gasteiger partial charge in [-0.05, 0) is 49.2 Å². The van der Waals surface area contributed by atoms with Crippen LogP contribution in [0, 0.1) is 13.8 Å². The van der Waals surface area contributed by atoms with Crippen molar-refractivity contribution in [2.24, 2.45) is 0 Å². The van der Waals surface area contributed by atoms with E-state index in [1.807, 2.05) is 0 Å². The van der Waals surface area contributed by atoms with Gasteiger partial charge < -0.3 is 4.74 Å². The molecule has 0 heterocycles. The minimum atomic E-state index is -3.98. The number of rotatable bonds is 4. The molecule has 0 atom stereocenters. The van der Waals surface area contributed by atoms with Crippen LogP contribution in [0.3, 0.4) is 0 Å². The van der Waals surface area contributed by atoms with E-state index in [1.165, 1.54) is 31.4 Å². The Morgan fingerprint density at radius 3 is 2.48 bits per heavy atom. The van der Waals surface area contributed by atoms with E-state index in [4.69, 9.17) is 16.3 Å². The zero-order valence-corrected chi connectivity index (χ0v) is 14.5. The van der Waals surface area contributed by atoms with Gasteiger partial charge in [0.2, 0.25) is 0 Å². The van der Waals surface area contributed by atoms with Crippen LogP contribution < -0.4 is 9.46 Å². The SMILES string of the molecule is COc1cc(Cl)ccc1C(=O)NS(=O)(=O)c1cc(C)ccc1C. The fourth-order valence-electron chi connectivity index (χ4n) is 2.08. The molecule has 0 aliphatic heterocycles. The van der Waals surface area contributed by atoms with Gasteiger partial charge in [-0.3, -0.25) is 4.79 Å². The standard InChI is InChI=1S/C16H16ClNO4S/c1-10-4-5-11(2)15(8-10)23(20,21)18-16(19)13-7-6-12(17)9-14(13)22-3/h4-9H,1-3H3,(H,18,19). The Morgan fingerprint density at radius 2 is 1.83 bits per heavy atom. The molecule has 0 unspecified atom stereocenters. The molecule has 0 fully saturated rings. The van der Waals surface area contributed by atoms with E-state index in [2.05, 4.69) is 4.72 Å². The molecule has 1 N–H and O–H groups in total. The van der Waals surface area contributed by atoms with E-state index in [0.717, 1.165) is 5.56 Å². The molecular weight excluding hydrogens is 338 g/mol. The summed E-state index contributed by atoms with van der Waals surface area (Å²) in [6, 6.07) is 9.36. The summed E-state index contributed by atoms with van der Waals surface area (Å²) in [7, 11) is -2.61. The number of hydrogen-bond acceptors (Lipinski definition) is 4. The Kier molecular flexibility index (Phi) is 4.97. The fraction of sp³-hybridized carbons (Fsp3) is 0.188. The van der Waals surface area contributed by atoms with Crippen LogP contribution in [0.25, 0.3) is 0 Å². The third-order valence-electron chi connectivity index (χ3n) is 3.27. The summed E-state index contributed by atoms with van der Waals surface area (Å²) in [5, 5.41) is 0.385. The molecule has 0 radical (unpaired) electrons. The number of ether oxygens (including phenoxy) is 1. The number of carbonyl (C=O) groups excluding carboxylic acids is 1. The lowest BCUT2D eigenvalue weighted by Gasteiger charge is -2.12. The summed E-state index contributed by atoms with van der Waals surface area (Å²) in [6.45, 7) is 3.45. The maximum absolute atomic E-state index is 12.5. The van der Waals surface area contributed by atoms with E-state index in [0.29, 0.717) is 10.6 Å². The topological polar surface area (TPSA) is 72.5 Å². The highest BCUT2D eigenvalue weighted by Gasteiger charge is 2.22. The number of amides is 1. The molecule has 2 rings (SSSR count). The fourth-order valence-corrected chi connectivity index (χ4v) is 3.54. The number of sulfonamides is 1. The summed E-state index contributed by atoms with van der Waals surface area (Å²) in [4.78, 5) is 12.4. The van der Waals surface area contributed by atoms with Gasteiger partial charge in [-0.25, -0.2) is 13.1 Å². The molecule has 5 nitrogen and oxygen atoms in total.